The quantitative estimate of drug-likeness (QED) is 0.595. The summed E-state index contributed by atoms with van der Waals surface area (Å²) in [6, 6.07) is 0. The molecule has 3 nitrogen and oxygen atoms in total. The lowest BCUT2D eigenvalue weighted by atomic mass is 10.3. The molecule has 13 heavy (non-hydrogen) atoms. The third kappa shape index (κ3) is 3.22. The first-order valence-electron chi connectivity index (χ1n) is 4.31. The average Bonchev–Trinajstić information content (AvgIpc) is 2.06. The molecule has 0 amide bonds. The monoisotopic (exact) mass is 197 g/mol. The summed E-state index contributed by atoms with van der Waals surface area (Å²) < 4.78 is 0. The molecule has 4 heteroatoms. The van der Waals surface area contributed by atoms with Gasteiger partial charge >= 0.3 is 0 Å². The van der Waals surface area contributed by atoms with Gasteiger partial charge in [0.25, 0.3) is 0 Å². The summed E-state index contributed by atoms with van der Waals surface area (Å²) in [7, 11) is 0. The van der Waals surface area contributed by atoms with E-state index in [-0.39, 0.29) is 0 Å². The van der Waals surface area contributed by atoms with E-state index in [0.717, 1.165) is 16.3 Å². The number of aromatic nitrogens is 2. The van der Waals surface area contributed by atoms with Crippen LogP contribution in [0.2, 0.25) is 0 Å². The Morgan fingerprint density at radius 1 is 1.54 bits per heavy atom. The number of nitrogen functional groups attached to an aromatic ring is 1. The molecule has 0 aliphatic heterocycles. The van der Waals surface area contributed by atoms with E-state index in [4.69, 9.17) is 5.73 Å². The molecule has 1 rings (SSSR count). The highest BCUT2D eigenvalue weighted by Gasteiger charge is 2.03. The van der Waals surface area contributed by atoms with Gasteiger partial charge in [-0.2, -0.15) is 0 Å². The van der Waals surface area contributed by atoms with Crippen LogP contribution in [-0.2, 0) is 0 Å². The van der Waals surface area contributed by atoms with Gasteiger partial charge in [-0.05, 0) is 18.4 Å². The Bertz CT molecular complexity index is 286. The number of hydrogen-bond acceptors (Lipinski definition) is 4. The van der Waals surface area contributed by atoms with Crippen molar-refractivity contribution in [2.45, 2.75) is 25.8 Å². The number of anilines is 1. The van der Waals surface area contributed by atoms with Crippen molar-refractivity contribution in [1.82, 2.24) is 9.97 Å². The van der Waals surface area contributed by atoms with Gasteiger partial charge in [-0.25, -0.2) is 9.97 Å². The van der Waals surface area contributed by atoms with Crippen LogP contribution in [0.1, 0.15) is 19.4 Å². The van der Waals surface area contributed by atoms with Gasteiger partial charge in [-0.1, -0.05) is 13.8 Å². The van der Waals surface area contributed by atoms with Gasteiger partial charge in [-0.15, -0.1) is 11.8 Å². The van der Waals surface area contributed by atoms with E-state index in [1.54, 1.807) is 18.0 Å². The number of nitrogens with two attached hydrogens (primary N) is 1. The normalized spacial score (nSPS) is 10.8. The third-order valence-electron chi connectivity index (χ3n) is 1.50. The third-order valence-corrected chi connectivity index (χ3v) is 3.02. The number of nitrogens with zero attached hydrogens (tertiary/aromatic N) is 2. The molecule has 0 saturated carbocycles. The molecule has 0 aliphatic carbocycles. The van der Waals surface area contributed by atoms with Gasteiger partial charge in [0, 0.05) is 11.9 Å². The zero-order chi connectivity index (χ0) is 9.84. The van der Waals surface area contributed by atoms with E-state index < -0.39 is 0 Å². The zero-order valence-corrected chi connectivity index (χ0v) is 9.06. The van der Waals surface area contributed by atoms with Gasteiger partial charge in [0.1, 0.15) is 5.03 Å². The predicted octanol–water partition coefficient (Wildman–Crippen LogP) is 2.12. The smallest absolute Gasteiger partial charge is 0.221 e. The standard InChI is InChI=1S/C9H15N3S/c1-6(2)5-13-8-7(3)4-11-9(10)12-8/h4,6H,5H2,1-3H3,(H2,10,11,12). The van der Waals surface area contributed by atoms with Crippen LogP contribution in [0.25, 0.3) is 0 Å². The minimum atomic E-state index is 0.358. The van der Waals surface area contributed by atoms with Crippen molar-refractivity contribution in [3.63, 3.8) is 0 Å². The minimum absolute atomic E-state index is 0.358. The molecule has 0 aromatic carbocycles. The lowest BCUT2D eigenvalue weighted by Crippen LogP contribution is -1.99. The second-order valence-corrected chi connectivity index (χ2v) is 4.43. The Morgan fingerprint density at radius 2 is 2.23 bits per heavy atom. The number of thioether (sulfide) groups is 1. The number of aryl methyl sites for hydroxylation is 1. The molecule has 2 N–H and O–H groups in total. The molecular weight excluding hydrogens is 182 g/mol. The first-order chi connectivity index (χ1) is 6.09. The second kappa shape index (κ2) is 4.46. The molecule has 0 fully saturated rings. The van der Waals surface area contributed by atoms with E-state index in [1.165, 1.54) is 0 Å². The topological polar surface area (TPSA) is 51.8 Å². The molecular formula is C9H15N3S. The van der Waals surface area contributed by atoms with Crippen molar-refractivity contribution >= 4 is 17.7 Å². The Kier molecular flexibility index (Phi) is 3.54. The van der Waals surface area contributed by atoms with Crippen molar-refractivity contribution in [2.24, 2.45) is 5.92 Å². The van der Waals surface area contributed by atoms with Crippen molar-refractivity contribution < 1.29 is 0 Å². The minimum Gasteiger partial charge on any atom is -0.368 e. The summed E-state index contributed by atoms with van der Waals surface area (Å²) in [5, 5.41) is 1.00. The van der Waals surface area contributed by atoms with Gasteiger partial charge in [0.15, 0.2) is 0 Å². The van der Waals surface area contributed by atoms with Gasteiger partial charge in [-0.3, -0.25) is 0 Å². The fraction of sp³-hybridized carbons (Fsp3) is 0.556. The van der Waals surface area contributed by atoms with Crippen LogP contribution >= 0.6 is 11.8 Å². The first-order valence-corrected chi connectivity index (χ1v) is 5.30. The lowest BCUT2D eigenvalue weighted by Gasteiger charge is -2.06. The highest BCUT2D eigenvalue weighted by molar-refractivity contribution is 7.99. The summed E-state index contributed by atoms with van der Waals surface area (Å²) in [4.78, 5) is 8.09. The SMILES string of the molecule is Cc1cnc(N)nc1SCC(C)C. The molecule has 0 saturated heterocycles. The first kappa shape index (κ1) is 10.3. The second-order valence-electron chi connectivity index (χ2n) is 3.42. The van der Waals surface area contributed by atoms with E-state index >= 15 is 0 Å². The highest BCUT2D eigenvalue weighted by Crippen LogP contribution is 2.21. The maximum Gasteiger partial charge on any atom is 0.221 e. The van der Waals surface area contributed by atoms with Crippen LogP contribution in [0.5, 0.6) is 0 Å². The van der Waals surface area contributed by atoms with Crippen molar-refractivity contribution in [2.75, 3.05) is 11.5 Å². The molecule has 0 spiro atoms. The summed E-state index contributed by atoms with van der Waals surface area (Å²) in [5.41, 5.74) is 6.60. The fourth-order valence-corrected chi connectivity index (χ4v) is 1.76. The Morgan fingerprint density at radius 3 is 2.85 bits per heavy atom. The summed E-state index contributed by atoms with van der Waals surface area (Å²) >= 11 is 1.74. The van der Waals surface area contributed by atoms with Crippen molar-refractivity contribution in [3.05, 3.63) is 11.8 Å². The molecule has 1 aromatic heterocycles. The van der Waals surface area contributed by atoms with Crippen LogP contribution in [0.4, 0.5) is 5.95 Å². The Labute approximate surface area is 83.2 Å². The highest BCUT2D eigenvalue weighted by atomic mass is 32.2. The van der Waals surface area contributed by atoms with E-state index in [9.17, 15) is 0 Å². The lowest BCUT2D eigenvalue weighted by molar-refractivity contribution is 0.749. The molecule has 1 heterocycles. The summed E-state index contributed by atoms with van der Waals surface area (Å²) in [6.45, 7) is 6.38. The maximum atomic E-state index is 5.50. The van der Waals surface area contributed by atoms with Crippen LogP contribution < -0.4 is 5.73 Å². The maximum absolute atomic E-state index is 5.50. The van der Waals surface area contributed by atoms with E-state index in [2.05, 4.69) is 23.8 Å². The predicted molar refractivity (Wildman–Crippen MR) is 56.7 cm³/mol. The number of rotatable bonds is 3. The molecule has 1 aromatic rings. The Balaban J connectivity index is 2.70. The van der Waals surface area contributed by atoms with Crippen LogP contribution in [0, 0.1) is 12.8 Å². The van der Waals surface area contributed by atoms with Crippen molar-refractivity contribution in [1.29, 1.82) is 0 Å². The molecule has 0 atom stereocenters. The Hall–Kier alpha value is -0.770. The van der Waals surface area contributed by atoms with Gasteiger partial charge < -0.3 is 5.73 Å². The largest absolute Gasteiger partial charge is 0.368 e. The summed E-state index contributed by atoms with van der Waals surface area (Å²) in [6.07, 6.45) is 1.77. The van der Waals surface area contributed by atoms with E-state index in [1.807, 2.05) is 6.92 Å². The zero-order valence-electron chi connectivity index (χ0n) is 8.24. The molecule has 72 valence electrons. The fourth-order valence-electron chi connectivity index (χ4n) is 0.831. The van der Waals surface area contributed by atoms with Crippen LogP contribution in [0.15, 0.2) is 11.2 Å². The molecule has 0 bridgehead atoms. The van der Waals surface area contributed by atoms with Crippen LogP contribution in [-0.4, -0.2) is 15.7 Å². The van der Waals surface area contributed by atoms with E-state index in [0.29, 0.717) is 11.9 Å². The molecule has 0 radical (unpaired) electrons. The van der Waals surface area contributed by atoms with Crippen LogP contribution in [0.3, 0.4) is 0 Å². The average molecular weight is 197 g/mol. The van der Waals surface area contributed by atoms with Gasteiger partial charge in [0.05, 0.1) is 0 Å². The number of hydrogen-bond donors (Lipinski definition) is 1. The van der Waals surface area contributed by atoms with Gasteiger partial charge in [0.2, 0.25) is 5.95 Å². The molecule has 0 unspecified atom stereocenters. The molecule has 0 aliphatic rings. The van der Waals surface area contributed by atoms with Crippen molar-refractivity contribution in [3.8, 4) is 0 Å². The summed E-state index contributed by atoms with van der Waals surface area (Å²) in [5.74, 6) is 2.09.